The SMILES string of the molecule is COc1cc(C)c(CC(=O)N2CCCC(C)C2)cc1OC. The lowest BCUT2D eigenvalue weighted by Crippen LogP contribution is -2.40. The molecule has 1 aromatic rings. The van der Waals surface area contributed by atoms with Crippen molar-refractivity contribution in [1.82, 2.24) is 4.90 Å². The van der Waals surface area contributed by atoms with E-state index in [-0.39, 0.29) is 5.91 Å². The van der Waals surface area contributed by atoms with E-state index in [0.717, 1.165) is 30.6 Å². The molecular formula is C17H25NO3. The molecule has 0 aromatic heterocycles. The average molecular weight is 291 g/mol. The van der Waals surface area contributed by atoms with Gasteiger partial charge in [-0.05, 0) is 48.9 Å². The Kier molecular flexibility index (Phi) is 5.10. The minimum atomic E-state index is 0.205. The van der Waals surface area contributed by atoms with Gasteiger partial charge in [0.2, 0.25) is 5.91 Å². The minimum Gasteiger partial charge on any atom is -0.493 e. The summed E-state index contributed by atoms with van der Waals surface area (Å²) >= 11 is 0. The molecule has 0 radical (unpaired) electrons. The molecule has 1 unspecified atom stereocenters. The summed E-state index contributed by atoms with van der Waals surface area (Å²) in [6.45, 7) is 5.98. The lowest BCUT2D eigenvalue weighted by molar-refractivity contribution is -0.132. The number of methoxy groups -OCH3 is 2. The number of rotatable bonds is 4. The van der Waals surface area contributed by atoms with Crippen molar-refractivity contribution in [2.45, 2.75) is 33.1 Å². The average Bonchev–Trinajstić information content (AvgIpc) is 2.48. The zero-order chi connectivity index (χ0) is 15.4. The van der Waals surface area contributed by atoms with E-state index in [4.69, 9.17) is 9.47 Å². The van der Waals surface area contributed by atoms with Gasteiger partial charge in [-0.15, -0.1) is 0 Å². The smallest absolute Gasteiger partial charge is 0.227 e. The second-order valence-electron chi connectivity index (χ2n) is 5.90. The molecule has 1 fully saturated rings. The summed E-state index contributed by atoms with van der Waals surface area (Å²) in [5.74, 6) is 2.20. The van der Waals surface area contributed by atoms with Crippen LogP contribution in [0.25, 0.3) is 0 Å². The predicted molar refractivity (Wildman–Crippen MR) is 83.0 cm³/mol. The predicted octanol–water partition coefficient (Wildman–Crippen LogP) is 2.81. The van der Waals surface area contributed by atoms with Crippen LogP contribution < -0.4 is 9.47 Å². The van der Waals surface area contributed by atoms with E-state index >= 15 is 0 Å². The van der Waals surface area contributed by atoms with Gasteiger partial charge in [-0.3, -0.25) is 4.79 Å². The first-order valence-electron chi connectivity index (χ1n) is 7.54. The van der Waals surface area contributed by atoms with Crippen LogP contribution in [-0.4, -0.2) is 38.1 Å². The molecule has 1 amide bonds. The number of amides is 1. The number of piperidine rings is 1. The summed E-state index contributed by atoms with van der Waals surface area (Å²) in [5.41, 5.74) is 2.07. The number of benzene rings is 1. The maximum Gasteiger partial charge on any atom is 0.227 e. The maximum absolute atomic E-state index is 12.5. The largest absolute Gasteiger partial charge is 0.493 e. The molecule has 0 bridgehead atoms. The summed E-state index contributed by atoms with van der Waals surface area (Å²) in [6.07, 6.45) is 2.76. The van der Waals surface area contributed by atoms with E-state index in [1.165, 1.54) is 6.42 Å². The van der Waals surface area contributed by atoms with E-state index in [0.29, 0.717) is 23.8 Å². The quantitative estimate of drug-likeness (QED) is 0.856. The van der Waals surface area contributed by atoms with E-state index in [9.17, 15) is 4.79 Å². The monoisotopic (exact) mass is 291 g/mol. The van der Waals surface area contributed by atoms with Gasteiger partial charge in [0.15, 0.2) is 11.5 Å². The summed E-state index contributed by atoms with van der Waals surface area (Å²) in [4.78, 5) is 14.5. The summed E-state index contributed by atoms with van der Waals surface area (Å²) in [5, 5.41) is 0. The Bertz CT molecular complexity index is 513. The van der Waals surface area contributed by atoms with Crippen molar-refractivity contribution in [2.24, 2.45) is 5.92 Å². The Hall–Kier alpha value is -1.71. The fourth-order valence-corrected chi connectivity index (χ4v) is 2.90. The number of likely N-dealkylation sites (tertiary alicyclic amines) is 1. The van der Waals surface area contributed by atoms with Crippen LogP contribution in [0.5, 0.6) is 11.5 Å². The Morgan fingerprint density at radius 2 is 1.95 bits per heavy atom. The van der Waals surface area contributed by atoms with Crippen LogP contribution in [0.15, 0.2) is 12.1 Å². The molecule has 4 nitrogen and oxygen atoms in total. The summed E-state index contributed by atoms with van der Waals surface area (Å²) in [6, 6.07) is 3.85. The lowest BCUT2D eigenvalue weighted by Gasteiger charge is -2.31. The van der Waals surface area contributed by atoms with Gasteiger partial charge in [0, 0.05) is 13.1 Å². The molecule has 1 aromatic carbocycles. The molecule has 1 aliphatic rings. The number of carbonyl (C=O) groups is 1. The molecular weight excluding hydrogens is 266 g/mol. The number of hydrogen-bond acceptors (Lipinski definition) is 3. The second kappa shape index (κ2) is 6.83. The van der Waals surface area contributed by atoms with Gasteiger partial charge in [0.25, 0.3) is 0 Å². The Morgan fingerprint density at radius 3 is 2.57 bits per heavy atom. The molecule has 2 rings (SSSR count). The molecule has 116 valence electrons. The maximum atomic E-state index is 12.5. The van der Waals surface area contributed by atoms with Crippen molar-refractivity contribution >= 4 is 5.91 Å². The van der Waals surface area contributed by atoms with Crippen LogP contribution in [0.1, 0.15) is 30.9 Å². The van der Waals surface area contributed by atoms with Crippen LogP contribution in [0.4, 0.5) is 0 Å². The number of nitrogens with zero attached hydrogens (tertiary/aromatic N) is 1. The van der Waals surface area contributed by atoms with Crippen molar-refractivity contribution < 1.29 is 14.3 Å². The Morgan fingerprint density at radius 1 is 1.29 bits per heavy atom. The zero-order valence-electron chi connectivity index (χ0n) is 13.4. The van der Waals surface area contributed by atoms with Crippen molar-refractivity contribution in [3.63, 3.8) is 0 Å². The van der Waals surface area contributed by atoms with Gasteiger partial charge >= 0.3 is 0 Å². The van der Waals surface area contributed by atoms with E-state index in [1.54, 1.807) is 14.2 Å². The highest BCUT2D eigenvalue weighted by Crippen LogP contribution is 2.30. The molecule has 1 aliphatic heterocycles. The van der Waals surface area contributed by atoms with Gasteiger partial charge in [-0.25, -0.2) is 0 Å². The van der Waals surface area contributed by atoms with E-state index in [2.05, 4.69) is 6.92 Å². The molecule has 4 heteroatoms. The standard InChI is InChI=1S/C17H25NO3/c1-12-6-5-7-18(11-12)17(19)10-14-9-16(21-4)15(20-3)8-13(14)2/h8-9,12H,5-7,10-11H2,1-4H3. The number of hydrogen-bond donors (Lipinski definition) is 0. The van der Waals surface area contributed by atoms with Gasteiger partial charge in [0.1, 0.15) is 0 Å². The van der Waals surface area contributed by atoms with Gasteiger partial charge in [0.05, 0.1) is 20.6 Å². The van der Waals surface area contributed by atoms with E-state index < -0.39 is 0 Å². The first-order valence-corrected chi connectivity index (χ1v) is 7.54. The third kappa shape index (κ3) is 3.69. The molecule has 1 atom stereocenters. The highest BCUT2D eigenvalue weighted by Gasteiger charge is 2.22. The van der Waals surface area contributed by atoms with Crippen molar-refractivity contribution in [3.05, 3.63) is 23.3 Å². The first kappa shape index (κ1) is 15.7. The van der Waals surface area contributed by atoms with Crippen molar-refractivity contribution in [2.75, 3.05) is 27.3 Å². The van der Waals surface area contributed by atoms with Gasteiger partial charge in [-0.2, -0.15) is 0 Å². The lowest BCUT2D eigenvalue weighted by atomic mass is 9.98. The molecule has 1 heterocycles. The van der Waals surface area contributed by atoms with Crippen molar-refractivity contribution in [3.8, 4) is 11.5 Å². The van der Waals surface area contributed by atoms with Crippen LogP contribution in [0.3, 0.4) is 0 Å². The molecule has 1 saturated heterocycles. The molecule has 0 spiro atoms. The molecule has 0 aliphatic carbocycles. The summed E-state index contributed by atoms with van der Waals surface area (Å²) < 4.78 is 10.6. The zero-order valence-corrected chi connectivity index (χ0v) is 13.4. The van der Waals surface area contributed by atoms with Gasteiger partial charge in [-0.1, -0.05) is 6.92 Å². The van der Waals surface area contributed by atoms with Crippen LogP contribution in [-0.2, 0) is 11.2 Å². The molecule has 0 saturated carbocycles. The number of aryl methyl sites for hydroxylation is 1. The second-order valence-corrected chi connectivity index (χ2v) is 5.90. The van der Waals surface area contributed by atoms with Gasteiger partial charge < -0.3 is 14.4 Å². The van der Waals surface area contributed by atoms with Crippen molar-refractivity contribution in [1.29, 1.82) is 0 Å². The molecule has 0 N–H and O–H groups in total. The topological polar surface area (TPSA) is 38.8 Å². The number of carbonyl (C=O) groups excluding carboxylic acids is 1. The Balaban J connectivity index is 2.13. The third-order valence-electron chi connectivity index (χ3n) is 4.19. The number of ether oxygens (including phenoxy) is 2. The minimum absolute atomic E-state index is 0.205. The Labute approximate surface area is 127 Å². The fourth-order valence-electron chi connectivity index (χ4n) is 2.90. The van der Waals surface area contributed by atoms with Crippen LogP contribution >= 0.6 is 0 Å². The van der Waals surface area contributed by atoms with Crippen LogP contribution in [0.2, 0.25) is 0 Å². The summed E-state index contributed by atoms with van der Waals surface area (Å²) in [7, 11) is 3.24. The fraction of sp³-hybridized carbons (Fsp3) is 0.588. The highest BCUT2D eigenvalue weighted by molar-refractivity contribution is 5.79. The third-order valence-corrected chi connectivity index (χ3v) is 4.19. The van der Waals surface area contributed by atoms with E-state index in [1.807, 2.05) is 24.0 Å². The highest BCUT2D eigenvalue weighted by atomic mass is 16.5. The normalized spacial score (nSPS) is 18.5. The first-order chi connectivity index (χ1) is 10.0. The molecule has 21 heavy (non-hydrogen) atoms. The van der Waals surface area contributed by atoms with Crippen LogP contribution in [0, 0.1) is 12.8 Å².